The van der Waals surface area contributed by atoms with Crippen molar-refractivity contribution < 1.29 is 9.50 Å². The number of piperidine rings is 1. The third-order valence-electron chi connectivity index (χ3n) is 8.11. The molecule has 0 spiro atoms. The van der Waals surface area contributed by atoms with Crippen LogP contribution in [0.25, 0.3) is 17.5 Å². The molecule has 13 heteroatoms. The zero-order valence-electron chi connectivity index (χ0n) is 25.0. The van der Waals surface area contributed by atoms with Gasteiger partial charge in [0, 0.05) is 40.5 Å². The number of rotatable bonds is 11. The first kappa shape index (κ1) is 32.2. The maximum Gasteiger partial charge on any atom is 0.231 e. The van der Waals surface area contributed by atoms with Gasteiger partial charge in [-0.25, -0.2) is 9.38 Å². The number of anilines is 1. The summed E-state index contributed by atoms with van der Waals surface area (Å²) in [4.78, 5) is 15.2. The first-order valence-corrected chi connectivity index (χ1v) is 16.6. The minimum absolute atomic E-state index is 0.0137. The average molecular weight is 642 g/mol. The van der Waals surface area contributed by atoms with Crippen LogP contribution in [0.4, 0.5) is 10.1 Å². The third kappa shape index (κ3) is 7.55. The van der Waals surface area contributed by atoms with Crippen LogP contribution in [0.15, 0.2) is 40.4 Å². The number of benzene rings is 1. The lowest BCUT2D eigenvalue weighted by Gasteiger charge is -2.32. The number of halogens is 2. The van der Waals surface area contributed by atoms with Crippen molar-refractivity contribution in [1.29, 1.82) is 5.41 Å². The molecule has 5 rings (SSSR count). The highest BCUT2D eigenvalue weighted by Gasteiger charge is 2.27. The number of nitrogens with two attached hydrogens (primary N) is 2. The van der Waals surface area contributed by atoms with Crippen molar-refractivity contribution in [1.82, 2.24) is 20.6 Å². The molecule has 4 atom stereocenters. The lowest BCUT2D eigenvalue weighted by molar-refractivity contribution is 0.186. The number of aryl methyl sites for hydroxylation is 1. The Labute approximate surface area is 266 Å². The molecule has 1 aromatic carbocycles. The molecule has 2 aliphatic heterocycles. The summed E-state index contributed by atoms with van der Waals surface area (Å²) in [5.41, 5.74) is 15.3. The topological polar surface area (TPSA) is 164 Å². The highest BCUT2D eigenvalue weighted by atomic mass is 35.5. The molecule has 1 fully saturated rings. The molecule has 3 aromatic rings. The maximum atomic E-state index is 15.2. The van der Waals surface area contributed by atoms with E-state index in [2.05, 4.69) is 20.6 Å². The summed E-state index contributed by atoms with van der Waals surface area (Å²) in [7, 11) is 0. The number of fused-ring (bicyclic) bond motifs is 1. The first-order chi connectivity index (χ1) is 21.1. The van der Waals surface area contributed by atoms with Crippen molar-refractivity contribution in [3.63, 3.8) is 0 Å². The van der Waals surface area contributed by atoms with Crippen LogP contribution in [0.3, 0.4) is 0 Å². The van der Waals surface area contributed by atoms with Crippen LogP contribution in [0.1, 0.15) is 62.7 Å². The van der Waals surface area contributed by atoms with Crippen molar-refractivity contribution in [2.24, 2.45) is 16.5 Å². The van der Waals surface area contributed by atoms with Crippen LogP contribution in [-0.2, 0) is 6.42 Å². The number of H-pyrrole nitrogens is 1. The van der Waals surface area contributed by atoms with Gasteiger partial charge in [0.2, 0.25) is 6.35 Å². The van der Waals surface area contributed by atoms with E-state index in [9.17, 15) is 5.11 Å². The lowest BCUT2D eigenvalue weighted by Crippen LogP contribution is -2.42. The van der Waals surface area contributed by atoms with Gasteiger partial charge in [-0.05, 0) is 88.0 Å². The lowest BCUT2D eigenvalue weighted by atomic mass is 9.94. The summed E-state index contributed by atoms with van der Waals surface area (Å²) in [5, 5.41) is 25.8. The Kier molecular flexibility index (Phi) is 10.5. The number of aromatic amines is 1. The van der Waals surface area contributed by atoms with Crippen LogP contribution < -0.4 is 37.7 Å². The molecule has 0 bridgehead atoms. The number of hydrogen-bond donors (Lipinski definition) is 7. The minimum atomic E-state index is -1.18. The van der Waals surface area contributed by atoms with Crippen LogP contribution in [-0.4, -0.2) is 52.3 Å². The predicted molar refractivity (Wildman–Crippen MR) is 176 cm³/mol. The molecule has 2 aliphatic rings. The van der Waals surface area contributed by atoms with E-state index in [-0.39, 0.29) is 23.1 Å². The Hall–Kier alpha value is -3.16. The molecular weight excluding hydrogens is 601 g/mol. The standard InChI is InChI=1S/C31H41ClFN9OS/c1-17(34)5-3-6-18-11-22(27(33)23(32)12-18)25-13-19-16-42(31(43)41-29(19)40-25)21-14-26(44-2)28(38-15-21)24-8-4-7-20(39-24)9-10-37-30(35)36/h11-17,20,24,31,39,43H,3-10,34H2,1-2H3,(H,40,41)(H4,35,36,37)/t17-,20-,24-,31?/m0/s1. The number of aromatic nitrogens is 2. The van der Waals surface area contributed by atoms with Gasteiger partial charge in [0.25, 0.3) is 0 Å². The summed E-state index contributed by atoms with van der Waals surface area (Å²) < 4.78 is 15.2. The summed E-state index contributed by atoms with van der Waals surface area (Å²) >= 11 is 7.89. The molecule has 10 nitrogen and oxygen atoms in total. The molecular formula is C31H41ClFN9OS. The van der Waals surface area contributed by atoms with E-state index in [0.717, 1.165) is 61.1 Å². The van der Waals surface area contributed by atoms with Gasteiger partial charge in [-0.3, -0.25) is 10.4 Å². The Bertz CT molecular complexity index is 1610. The van der Waals surface area contributed by atoms with Crippen LogP contribution in [0.2, 0.25) is 5.02 Å². The molecule has 236 valence electrons. The highest BCUT2D eigenvalue weighted by molar-refractivity contribution is 7.98. The second-order valence-electron chi connectivity index (χ2n) is 11.6. The monoisotopic (exact) mass is 641 g/mol. The van der Waals surface area contributed by atoms with E-state index < -0.39 is 12.2 Å². The zero-order valence-corrected chi connectivity index (χ0v) is 26.6. The highest BCUT2D eigenvalue weighted by Crippen LogP contribution is 2.34. The second-order valence-corrected chi connectivity index (χ2v) is 12.8. The third-order valence-corrected chi connectivity index (χ3v) is 9.15. The van der Waals surface area contributed by atoms with Gasteiger partial charge in [-0.2, -0.15) is 0 Å². The molecule has 9 N–H and O–H groups in total. The first-order valence-electron chi connectivity index (χ1n) is 15.0. The number of nitrogens with zero attached hydrogens (tertiary/aromatic N) is 3. The quantitative estimate of drug-likeness (QED) is 0.0950. The smallest absolute Gasteiger partial charge is 0.231 e. The van der Waals surface area contributed by atoms with Crippen molar-refractivity contribution in [2.75, 3.05) is 17.7 Å². The van der Waals surface area contributed by atoms with Gasteiger partial charge in [0.15, 0.2) is 11.8 Å². The van der Waals surface area contributed by atoms with Gasteiger partial charge in [-0.1, -0.05) is 11.6 Å². The number of aliphatic hydroxyl groups excluding tert-OH is 1. The van der Waals surface area contributed by atoms with Gasteiger partial charge >= 0.3 is 0 Å². The predicted octanol–water partition coefficient (Wildman–Crippen LogP) is 3.47. The van der Waals surface area contributed by atoms with E-state index >= 15 is 4.39 Å². The SMILES string of the molecule is CSc1cc(N2C=c3cc(-c4cc(CCC[C@H](C)N)cc(Cl)c4F)[nH]c3=NC2O)cnc1[C@@H]1CCC[C@@H](CCNC(=N)N)N1. The largest absolute Gasteiger partial charge is 0.370 e. The number of nitrogens with one attached hydrogen (secondary N) is 4. The van der Waals surface area contributed by atoms with Gasteiger partial charge in [0.05, 0.1) is 34.3 Å². The Morgan fingerprint density at radius 2 is 2.14 bits per heavy atom. The molecule has 2 aromatic heterocycles. The molecule has 0 radical (unpaired) electrons. The van der Waals surface area contributed by atoms with E-state index in [1.165, 1.54) is 0 Å². The molecule has 0 saturated carbocycles. The van der Waals surface area contributed by atoms with E-state index in [1.807, 2.05) is 31.4 Å². The average Bonchev–Trinajstić information content (AvgIpc) is 3.40. The summed E-state index contributed by atoms with van der Waals surface area (Å²) in [6.07, 6.45) is 10.9. The Morgan fingerprint density at radius 1 is 1.32 bits per heavy atom. The fourth-order valence-electron chi connectivity index (χ4n) is 5.88. The number of aliphatic hydroxyl groups is 1. The number of hydrogen-bond acceptors (Lipinski definition) is 8. The normalized spacial score (nSPS) is 20.4. The maximum absolute atomic E-state index is 15.2. The van der Waals surface area contributed by atoms with Gasteiger partial charge < -0.3 is 37.1 Å². The second kappa shape index (κ2) is 14.3. The fraction of sp³-hybridized carbons (Fsp3) is 0.452. The molecule has 0 amide bonds. The Balaban J connectivity index is 1.38. The van der Waals surface area contributed by atoms with Crippen LogP contribution in [0, 0.1) is 11.2 Å². The summed E-state index contributed by atoms with van der Waals surface area (Å²) in [6, 6.07) is 7.85. The number of thioether (sulfide) groups is 1. The van der Waals surface area contributed by atoms with E-state index in [4.69, 9.17) is 33.5 Å². The van der Waals surface area contributed by atoms with Crippen LogP contribution >= 0.6 is 23.4 Å². The summed E-state index contributed by atoms with van der Waals surface area (Å²) in [5.74, 6) is -0.517. The van der Waals surface area contributed by atoms with E-state index in [0.29, 0.717) is 40.2 Å². The van der Waals surface area contributed by atoms with E-state index in [1.54, 1.807) is 35.1 Å². The summed E-state index contributed by atoms with van der Waals surface area (Å²) in [6.45, 7) is 2.62. The zero-order chi connectivity index (χ0) is 31.4. The molecule has 1 unspecified atom stereocenters. The molecule has 0 aliphatic carbocycles. The van der Waals surface area contributed by atoms with Gasteiger partial charge in [-0.15, -0.1) is 11.8 Å². The van der Waals surface area contributed by atoms with Crippen molar-refractivity contribution in [3.05, 3.63) is 63.3 Å². The molecule has 1 saturated heterocycles. The number of guanidine groups is 1. The molecule has 44 heavy (non-hydrogen) atoms. The Morgan fingerprint density at radius 3 is 2.89 bits per heavy atom. The van der Waals surface area contributed by atoms with Crippen LogP contribution in [0.5, 0.6) is 0 Å². The van der Waals surface area contributed by atoms with Crippen molar-refractivity contribution in [2.45, 2.75) is 81.2 Å². The van der Waals surface area contributed by atoms with Crippen molar-refractivity contribution in [3.8, 4) is 11.3 Å². The molecule has 4 heterocycles. The minimum Gasteiger partial charge on any atom is -0.370 e. The number of pyridine rings is 1. The van der Waals surface area contributed by atoms with Crippen molar-refractivity contribution >= 4 is 41.2 Å². The van der Waals surface area contributed by atoms with Gasteiger partial charge in [0.1, 0.15) is 5.49 Å². The fourth-order valence-corrected chi connectivity index (χ4v) is 6.77.